The van der Waals surface area contributed by atoms with Gasteiger partial charge in [-0.1, -0.05) is 30.0 Å². The highest BCUT2D eigenvalue weighted by atomic mass is 32.2. The maximum absolute atomic E-state index is 11.9. The molecule has 1 amide bonds. The molecule has 0 atom stereocenters. The van der Waals surface area contributed by atoms with Crippen LogP contribution in [-0.4, -0.2) is 17.9 Å². The van der Waals surface area contributed by atoms with Crippen LogP contribution in [0.25, 0.3) is 10.9 Å². The molecule has 3 rings (SSSR count). The van der Waals surface area contributed by atoms with Crippen molar-refractivity contribution in [2.24, 2.45) is 0 Å². The number of rotatable bonds is 3. The van der Waals surface area contributed by atoms with Gasteiger partial charge in [0.1, 0.15) is 0 Å². The smallest absolute Gasteiger partial charge is 0.252 e. The van der Waals surface area contributed by atoms with Crippen molar-refractivity contribution >= 4 is 34.3 Å². The van der Waals surface area contributed by atoms with Gasteiger partial charge in [0.25, 0.3) is 5.91 Å². The zero-order valence-electron chi connectivity index (χ0n) is 11.5. The van der Waals surface area contributed by atoms with Gasteiger partial charge in [-0.3, -0.25) is 4.79 Å². The Morgan fingerprint density at radius 2 is 2.00 bits per heavy atom. The molecule has 0 aliphatic carbocycles. The maximum atomic E-state index is 11.9. The van der Waals surface area contributed by atoms with Crippen LogP contribution in [0.15, 0.2) is 58.5 Å². The zero-order chi connectivity index (χ0) is 14.8. The van der Waals surface area contributed by atoms with Crippen LogP contribution in [0.2, 0.25) is 0 Å². The molecule has 0 fully saturated rings. The molecule has 1 aromatic heterocycles. The van der Waals surface area contributed by atoms with Crippen molar-refractivity contribution < 1.29 is 4.79 Å². The van der Waals surface area contributed by atoms with E-state index in [1.165, 1.54) is 11.8 Å². The Bertz CT molecular complexity index is 777. The van der Waals surface area contributed by atoms with Gasteiger partial charge < -0.3 is 16.0 Å². The quantitative estimate of drug-likeness (QED) is 0.650. The summed E-state index contributed by atoms with van der Waals surface area (Å²) in [4.78, 5) is 16.1. The monoisotopic (exact) mass is 297 g/mol. The molecule has 0 bridgehead atoms. The molecule has 0 unspecified atom stereocenters. The highest BCUT2D eigenvalue weighted by Gasteiger charge is 2.12. The lowest BCUT2D eigenvalue weighted by Gasteiger charge is -2.08. The SMILES string of the molecule is CNC(=O)c1ccc(N)cc1Sc1cc2ccccc2[nH]1. The van der Waals surface area contributed by atoms with Crippen LogP contribution in [-0.2, 0) is 0 Å². The fourth-order valence-corrected chi connectivity index (χ4v) is 3.22. The Labute approximate surface area is 126 Å². The molecule has 0 aliphatic heterocycles. The highest BCUT2D eigenvalue weighted by Crippen LogP contribution is 2.33. The van der Waals surface area contributed by atoms with Crippen molar-refractivity contribution in [1.82, 2.24) is 10.3 Å². The first-order chi connectivity index (χ1) is 10.2. The third-order valence-corrected chi connectivity index (χ3v) is 4.20. The van der Waals surface area contributed by atoms with Gasteiger partial charge in [0.05, 0.1) is 10.6 Å². The summed E-state index contributed by atoms with van der Waals surface area (Å²) < 4.78 is 0. The van der Waals surface area contributed by atoms with Gasteiger partial charge >= 0.3 is 0 Å². The van der Waals surface area contributed by atoms with E-state index in [4.69, 9.17) is 5.73 Å². The lowest BCUT2D eigenvalue weighted by molar-refractivity contribution is 0.0960. The number of fused-ring (bicyclic) bond motifs is 1. The number of H-pyrrole nitrogens is 1. The third kappa shape index (κ3) is 2.73. The van der Waals surface area contributed by atoms with E-state index < -0.39 is 0 Å². The average molecular weight is 297 g/mol. The molecular weight excluding hydrogens is 282 g/mol. The van der Waals surface area contributed by atoms with Crippen molar-refractivity contribution in [3.8, 4) is 0 Å². The number of carbonyl (C=O) groups is 1. The molecule has 2 aromatic carbocycles. The number of anilines is 1. The Balaban J connectivity index is 2.00. The number of aromatic nitrogens is 1. The lowest BCUT2D eigenvalue weighted by Crippen LogP contribution is -2.18. The molecule has 0 saturated carbocycles. The summed E-state index contributed by atoms with van der Waals surface area (Å²) in [5, 5.41) is 4.77. The normalized spacial score (nSPS) is 10.7. The third-order valence-electron chi connectivity index (χ3n) is 3.20. The minimum atomic E-state index is -0.117. The first kappa shape index (κ1) is 13.6. The Morgan fingerprint density at radius 1 is 1.19 bits per heavy atom. The molecule has 5 heteroatoms. The first-order valence-corrected chi connectivity index (χ1v) is 7.36. The average Bonchev–Trinajstić information content (AvgIpc) is 2.89. The summed E-state index contributed by atoms with van der Waals surface area (Å²) in [6, 6.07) is 15.4. The molecule has 21 heavy (non-hydrogen) atoms. The largest absolute Gasteiger partial charge is 0.399 e. The lowest BCUT2D eigenvalue weighted by atomic mass is 10.2. The van der Waals surface area contributed by atoms with Crippen LogP contribution >= 0.6 is 11.8 Å². The van der Waals surface area contributed by atoms with Gasteiger partial charge in [-0.25, -0.2) is 0 Å². The molecule has 0 saturated heterocycles. The van der Waals surface area contributed by atoms with E-state index in [0.717, 1.165) is 20.8 Å². The molecule has 0 radical (unpaired) electrons. The van der Waals surface area contributed by atoms with Crippen LogP contribution in [0, 0.1) is 0 Å². The maximum Gasteiger partial charge on any atom is 0.252 e. The van der Waals surface area contributed by atoms with Crippen LogP contribution in [0.3, 0.4) is 0 Å². The molecule has 4 N–H and O–H groups in total. The number of amides is 1. The first-order valence-electron chi connectivity index (χ1n) is 6.54. The number of nitrogens with one attached hydrogen (secondary N) is 2. The number of nitrogen functional groups attached to an aromatic ring is 1. The number of benzene rings is 2. The summed E-state index contributed by atoms with van der Waals surface area (Å²) in [6.07, 6.45) is 0. The fourth-order valence-electron chi connectivity index (χ4n) is 2.17. The van der Waals surface area contributed by atoms with E-state index in [1.54, 1.807) is 19.2 Å². The Hall–Kier alpha value is -2.40. The Kier molecular flexibility index (Phi) is 3.58. The van der Waals surface area contributed by atoms with E-state index in [9.17, 15) is 4.79 Å². The van der Waals surface area contributed by atoms with E-state index in [2.05, 4.69) is 22.4 Å². The predicted octanol–water partition coefficient (Wildman–Crippen LogP) is 3.26. The predicted molar refractivity (Wildman–Crippen MR) is 86.7 cm³/mol. The van der Waals surface area contributed by atoms with Gasteiger partial charge in [-0.05, 0) is 30.3 Å². The summed E-state index contributed by atoms with van der Waals surface area (Å²) in [5.41, 5.74) is 8.18. The number of carbonyl (C=O) groups excluding carboxylic acids is 1. The minimum Gasteiger partial charge on any atom is -0.399 e. The number of nitrogens with two attached hydrogens (primary N) is 1. The van der Waals surface area contributed by atoms with E-state index in [-0.39, 0.29) is 5.91 Å². The van der Waals surface area contributed by atoms with Gasteiger partial charge in [-0.2, -0.15) is 0 Å². The van der Waals surface area contributed by atoms with Gasteiger partial charge in [0, 0.05) is 28.5 Å². The summed E-state index contributed by atoms with van der Waals surface area (Å²) in [6.45, 7) is 0. The number of hydrogen-bond acceptors (Lipinski definition) is 3. The van der Waals surface area contributed by atoms with Gasteiger partial charge in [-0.15, -0.1) is 0 Å². The summed E-state index contributed by atoms with van der Waals surface area (Å²) in [7, 11) is 1.62. The van der Waals surface area contributed by atoms with Crippen LogP contribution < -0.4 is 11.1 Å². The molecule has 1 heterocycles. The standard InChI is InChI=1S/C16H15N3OS/c1-18-16(20)12-7-6-11(17)9-14(12)21-15-8-10-4-2-3-5-13(10)19-15/h2-9,19H,17H2,1H3,(H,18,20). The van der Waals surface area contributed by atoms with Crippen molar-refractivity contribution in [2.45, 2.75) is 9.92 Å². The minimum absolute atomic E-state index is 0.117. The van der Waals surface area contributed by atoms with Crippen molar-refractivity contribution in [1.29, 1.82) is 0 Å². The molecule has 0 spiro atoms. The Morgan fingerprint density at radius 3 is 2.76 bits per heavy atom. The second-order valence-corrected chi connectivity index (χ2v) is 5.74. The molecule has 3 aromatic rings. The zero-order valence-corrected chi connectivity index (χ0v) is 12.3. The van der Waals surface area contributed by atoms with Crippen molar-refractivity contribution in [2.75, 3.05) is 12.8 Å². The molecule has 106 valence electrons. The van der Waals surface area contributed by atoms with E-state index in [0.29, 0.717) is 11.3 Å². The fraction of sp³-hybridized carbons (Fsp3) is 0.0625. The van der Waals surface area contributed by atoms with E-state index >= 15 is 0 Å². The van der Waals surface area contributed by atoms with Crippen molar-refractivity contribution in [3.05, 3.63) is 54.1 Å². The number of para-hydroxylation sites is 1. The van der Waals surface area contributed by atoms with E-state index in [1.807, 2.05) is 24.3 Å². The van der Waals surface area contributed by atoms with Crippen LogP contribution in [0.1, 0.15) is 10.4 Å². The molecule has 0 aliphatic rings. The van der Waals surface area contributed by atoms with Crippen LogP contribution in [0.4, 0.5) is 5.69 Å². The summed E-state index contributed by atoms with van der Waals surface area (Å²) >= 11 is 1.50. The number of hydrogen-bond donors (Lipinski definition) is 3. The van der Waals surface area contributed by atoms with Crippen molar-refractivity contribution in [3.63, 3.8) is 0 Å². The van der Waals surface area contributed by atoms with Gasteiger partial charge in [0.2, 0.25) is 0 Å². The second-order valence-electron chi connectivity index (χ2n) is 4.66. The summed E-state index contributed by atoms with van der Waals surface area (Å²) in [5.74, 6) is -0.117. The highest BCUT2D eigenvalue weighted by molar-refractivity contribution is 7.99. The second kappa shape index (κ2) is 5.54. The number of aromatic amines is 1. The van der Waals surface area contributed by atoms with Gasteiger partial charge in [0.15, 0.2) is 0 Å². The van der Waals surface area contributed by atoms with Crippen LogP contribution in [0.5, 0.6) is 0 Å². The molecular formula is C16H15N3OS. The molecule has 4 nitrogen and oxygen atoms in total. The topological polar surface area (TPSA) is 70.9 Å².